The monoisotopic (exact) mass is 271 g/mol. The third kappa shape index (κ3) is 3.61. The number of anilines is 2. The second-order valence-corrected chi connectivity index (χ2v) is 5.71. The molecule has 0 amide bonds. The van der Waals surface area contributed by atoms with Crippen LogP contribution in [0.1, 0.15) is 26.7 Å². The molecule has 0 heterocycles. The van der Waals surface area contributed by atoms with Gasteiger partial charge in [0.1, 0.15) is 0 Å². The molecule has 102 valence electrons. The summed E-state index contributed by atoms with van der Waals surface area (Å²) in [5.41, 5.74) is 6.84. The molecule has 0 saturated heterocycles. The van der Waals surface area contributed by atoms with Crippen LogP contribution >= 0.6 is 0 Å². The van der Waals surface area contributed by atoms with Crippen LogP contribution in [0, 0.1) is 0 Å². The number of rotatable bonds is 7. The average molecular weight is 271 g/mol. The highest BCUT2D eigenvalue weighted by Crippen LogP contribution is 2.24. The summed E-state index contributed by atoms with van der Waals surface area (Å²) in [7, 11) is -3.52. The SMILES string of the molecule is CCCNS(=O)(=O)N(CCC)c1ccccc1N. The van der Waals surface area contributed by atoms with E-state index in [-0.39, 0.29) is 0 Å². The van der Waals surface area contributed by atoms with Gasteiger partial charge < -0.3 is 5.73 Å². The van der Waals surface area contributed by atoms with Crippen LogP contribution < -0.4 is 14.8 Å². The van der Waals surface area contributed by atoms with Crippen molar-refractivity contribution in [3.05, 3.63) is 24.3 Å². The summed E-state index contributed by atoms with van der Waals surface area (Å²) in [6.45, 7) is 4.69. The minimum Gasteiger partial charge on any atom is -0.397 e. The van der Waals surface area contributed by atoms with E-state index in [1.165, 1.54) is 4.31 Å². The number of hydrogen-bond acceptors (Lipinski definition) is 3. The summed E-state index contributed by atoms with van der Waals surface area (Å²) in [6, 6.07) is 6.99. The Morgan fingerprint density at radius 2 is 1.89 bits per heavy atom. The van der Waals surface area contributed by atoms with Gasteiger partial charge in [0.2, 0.25) is 0 Å². The number of hydrogen-bond donors (Lipinski definition) is 2. The molecule has 18 heavy (non-hydrogen) atoms. The number of nitrogens with two attached hydrogens (primary N) is 1. The zero-order chi connectivity index (χ0) is 13.6. The largest absolute Gasteiger partial charge is 0.397 e. The van der Waals surface area contributed by atoms with Gasteiger partial charge in [0.05, 0.1) is 11.4 Å². The van der Waals surface area contributed by atoms with Gasteiger partial charge in [0, 0.05) is 13.1 Å². The first-order valence-corrected chi connectivity index (χ1v) is 7.58. The summed E-state index contributed by atoms with van der Waals surface area (Å²) in [5, 5.41) is 0. The molecule has 0 radical (unpaired) electrons. The number of nitrogens with one attached hydrogen (secondary N) is 1. The zero-order valence-corrected chi connectivity index (χ0v) is 11.7. The first kappa shape index (κ1) is 14.8. The van der Waals surface area contributed by atoms with Crippen LogP contribution in [0.3, 0.4) is 0 Å². The lowest BCUT2D eigenvalue weighted by atomic mass is 10.2. The number of para-hydroxylation sites is 2. The molecular formula is C12H21N3O2S. The molecule has 1 aromatic carbocycles. The van der Waals surface area contributed by atoms with Gasteiger partial charge in [-0.2, -0.15) is 13.1 Å². The number of nitrogens with zero attached hydrogens (tertiary/aromatic N) is 1. The maximum atomic E-state index is 12.2. The Kier molecular flexibility index (Phi) is 5.43. The predicted octanol–water partition coefficient (Wildman–Crippen LogP) is 1.73. The van der Waals surface area contributed by atoms with Crippen molar-refractivity contribution >= 4 is 21.6 Å². The van der Waals surface area contributed by atoms with Gasteiger partial charge in [-0.15, -0.1) is 0 Å². The van der Waals surface area contributed by atoms with Crippen LogP contribution in [0.4, 0.5) is 11.4 Å². The average Bonchev–Trinajstić information content (AvgIpc) is 2.34. The fraction of sp³-hybridized carbons (Fsp3) is 0.500. The molecule has 0 aliphatic rings. The molecule has 0 atom stereocenters. The molecule has 5 nitrogen and oxygen atoms in total. The molecule has 0 unspecified atom stereocenters. The summed E-state index contributed by atoms with van der Waals surface area (Å²) < 4.78 is 28.3. The first-order chi connectivity index (χ1) is 8.53. The summed E-state index contributed by atoms with van der Waals surface area (Å²) in [4.78, 5) is 0. The lowest BCUT2D eigenvalue weighted by Gasteiger charge is -2.25. The van der Waals surface area contributed by atoms with E-state index in [2.05, 4.69) is 4.72 Å². The van der Waals surface area contributed by atoms with E-state index in [0.717, 1.165) is 12.8 Å². The maximum absolute atomic E-state index is 12.2. The van der Waals surface area contributed by atoms with E-state index in [1.54, 1.807) is 24.3 Å². The smallest absolute Gasteiger partial charge is 0.301 e. The van der Waals surface area contributed by atoms with Crippen LogP contribution in [0.25, 0.3) is 0 Å². The highest BCUT2D eigenvalue weighted by molar-refractivity contribution is 7.90. The molecule has 0 aliphatic carbocycles. The fourth-order valence-electron chi connectivity index (χ4n) is 1.60. The molecule has 0 saturated carbocycles. The van der Waals surface area contributed by atoms with Gasteiger partial charge in [-0.25, -0.2) is 0 Å². The van der Waals surface area contributed by atoms with E-state index in [9.17, 15) is 8.42 Å². The van der Waals surface area contributed by atoms with Crippen LogP contribution in [0.2, 0.25) is 0 Å². The van der Waals surface area contributed by atoms with Crippen molar-refractivity contribution in [2.24, 2.45) is 0 Å². The second kappa shape index (κ2) is 6.61. The zero-order valence-electron chi connectivity index (χ0n) is 10.9. The first-order valence-electron chi connectivity index (χ1n) is 6.14. The van der Waals surface area contributed by atoms with Gasteiger partial charge >= 0.3 is 10.2 Å². The summed E-state index contributed by atoms with van der Waals surface area (Å²) in [5.74, 6) is 0. The van der Waals surface area contributed by atoms with Gasteiger partial charge in [0.15, 0.2) is 0 Å². The Labute approximate surface area is 109 Å². The molecular weight excluding hydrogens is 250 g/mol. The Bertz CT molecular complexity index is 474. The Morgan fingerprint density at radius 1 is 1.22 bits per heavy atom. The van der Waals surface area contributed by atoms with Crippen molar-refractivity contribution in [3.63, 3.8) is 0 Å². The van der Waals surface area contributed by atoms with Crippen molar-refractivity contribution in [2.75, 3.05) is 23.1 Å². The molecule has 6 heteroatoms. The molecule has 0 fully saturated rings. The molecule has 1 rings (SSSR count). The topological polar surface area (TPSA) is 75.4 Å². The van der Waals surface area contributed by atoms with Crippen LogP contribution in [0.5, 0.6) is 0 Å². The third-order valence-corrected chi connectivity index (χ3v) is 3.99. The summed E-state index contributed by atoms with van der Waals surface area (Å²) in [6.07, 6.45) is 1.48. The molecule has 1 aromatic rings. The molecule has 0 aliphatic heterocycles. The van der Waals surface area contributed by atoms with Gasteiger partial charge in [-0.3, -0.25) is 4.31 Å². The standard InChI is InChI=1S/C12H21N3O2S/c1-3-9-14-18(16,17)15(10-4-2)12-8-6-5-7-11(12)13/h5-8,14H,3-4,9-10,13H2,1-2H3. The van der Waals surface area contributed by atoms with Gasteiger partial charge in [0.25, 0.3) is 0 Å². The number of benzene rings is 1. The van der Waals surface area contributed by atoms with Crippen LogP contribution in [-0.4, -0.2) is 21.5 Å². The van der Waals surface area contributed by atoms with Crippen molar-refractivity contribution < 1.29 is 8.42 Å². The van der Waals surface area contributed by atoms with E-state index >= 15 is 0 Å². The molecule has 0 spiro atoms. The summed E-state index contributed by atoms with van der Waals surface area (Å²) >= 11 is 0. The minimum atomic E-state index is -3.52. The Balaban J connectivity index is 3.07. The van der Waals surface area contributed by atoms with Crippen LogP contribution in [0.15, 0.2) is 24.3 Å². The van der Waals surface area contributed by atoms with E-state index in [0.29, 0.717) is 24.5 Å². The van der Waals surface area contributed by atoms with Crippen molar-refractivity contribution in [1.29, 1.82) is 0 Å². The predicted molar refractivity (Wildman–Crippen MR) is 75.7 cm³/mol. The lowest BCUT2D eigenvalue weighted by Crippen LogP contribution is -2.42. The minimum absolute atomic E-state index is 0.410. The molecule has 0 bridgehead atoms. The van der Waals surface area contributed by atoms with Crippen LogP contribution in [-0.2, 0) is 10.2 Å². The normalized spacial score (nSPS) is 11.4. The van der Waals surface area contributed by atoms with Gasteiger partial charge in [-0.05, 0) is 25.0 Å². The third-order valence-electron chi connectivity index (χ3n) is 2.46. The van der Waals surface area contributed by atoms with E-state index in [1.807, 2.05) is 13.8 Å². The fourth-order valence-corrected chi connectivity index (χ4v) is 3.06. The second-order valence-electron chi connectivity index (χ2n) is 4.03. The molecule has 0 aromatic heterocycles. The number of nitrogen functional groups attached to an aromatic ring is 1. The maximum Gasteiger partial charge on any atom is 0.301 e. The highest BCUT2D eigenvalue weighted by Gasteiger charge is 2.22. The van der Waals surface area contributed by atoms with Gasteiger partial charge in [-0.1, -0.05) is 26.0 Å². The highest BCUT2D eigenvalue weighted by atomic mass is 32.2. The molecule has 3 N–H and O–H groups in total. The van der Waals surface area contributed by atoms with Crippen molar-refractivity contribution in [2.45, 2.75) is 26.7 Å². The quantitative estimate of drug-likeness (QED) is 0.742. The van der Waals surface area contributed by atoms with E-state index < -0.39 is 10.2 Å². The lowest BCUT2D eigenvalue weighted by molar-refractivity contribution is 0.574. The van der Waals surface area contributed by atoms with Crippen molar-refractivity contribution in [3.8, 4) is 0 Å². The Hall–Kier alpha value is -1.27. The Morgan fingerprint density at radius 3 is 2.44 bits per heavy atom. The van der Waals surface area contributed by atoms with E-state index in [4.69, 9.17) is 5.73 Å². The van der Waals surface area contributed by atoms with Crippen molar-refractivity contribution in [1.82, 2.24) is 4.72 Å².